The molecule has 0 saturated carbocycles. The summed E-state index contributed by atoms with van der Waals surface area (Å²) in [5.41, 5.74) is -0.281. The van der Waals surface area contributed by atoms with Gasteiger partial charge in [0.15, 0.2) is 0 Å². The topological polar surface area (TPSA) is 43.4 Å². The first-order valence-corrected chi connectivity index (χ1v) is 10.6. The second kappa shape index (κ2) is 9.86. The fraction of sp³-hybridized carbons (Fsp3) is 0.857. The van der Waals surface area contributed by atoms with Crippen molar-refractivity contribution >= 4 is 56.6 Å². The molecule has 0 aliphatic carbocycles. The SMILES string of the molecule is S=C(SC1OCCOC1SC(=S)N1CCOCC1)N1CCOCC1. The number of nitrogens with zero attached hydrogens (tertiary/aromatic N) is 2. The molecule has 3 rings (SSSR count). The number of ether oxygens (including phenoxy) is 4. The average Bonchev–Trinajstić information content (AvgIpc) is 2.64. The lowest BCUT2D eigenvalue weighted by atomic mass is 10.5. The Hall–Kier alpha value is 0.320. The first-order valence-electron chi connectivity index (χ1n) is 8.04. The van der Waals surface area contributed by atoms with E-state index in [2.05, 4.69) is 9.80 Å². The van der Waals surface area contributed by atoms with Crippen molar-refractivity contribution in [2.45, 2.75) is 10.9 Å². The van der Waals surface area contributed by atoms with E-state index in [1.54, 1.807) is 23.5 Å². The van der Waals surface area contributed by atoms with E-state index in [9.17, 15) is 0 Å². The van der Waals surface area contributed by atoms with Gasteiger partial charge in [-0.3, -0.25) is 0 Å². The highest BCUT2D eigenvalue weighted by atomic mass is 32.2. The average molecular weight is 411 g/mol. The Morgan fingerprint density at radius 2 is 1.04 bits per heavy atom. The molecular formula is C14H22N2O4S4. The van der Waals surface area contributed by atoms with Gasteiger partial charge in [-0.2, -0.15) is 0 Å². The summed E-state index contributed by atoms with van der Waals surface area (Å²) < 4.78 is 24.3. The van der Waals surface area contributed by atoms with Gasteiger partial charge >= 0.3 is 0 Å². The molecule has 0 aromatic rings. The monoisotopic (exact) mass is 410 g/mol. The summed E-state index contributed by atoms with van der Waals surface area (Å²) >= 11 is 14.3. The van der Waals surface area contributed by atoms with Crippen LogP contribution >= 0.6 is 48.0 Å². The molecule has 0 aromatic heterocycles. The summed E-state index contributed by atoms with van der Waals surface area (Å²) in [6.45, 7) is 7.42. The Morgan fingerprint density at radius 3 is 1.42 bits per heavy atom. The Labute approximate surface area is 161 Å². The summed E-state index contributed by atoms with van der Waals surface area (Å²) in [4.78, 5) is 4.34. The zero-order chi connectivity index (χ0) is 16.8. The van der Waals surface area contributed by atoms with Gasteiger partial charge in [0, 0.05) is 26.2 Å². The summed E-state index contributed by atoms with van der Waals surface area (Å²) in [5, 5.41) is 0. The molecule has 3 aliphatic heterocycles. The predicted molar refractivity (Wildman–Crippen MR) is 105 cm³/mol. The van der Waals surface area contributed by atoms with Crippen LogP contribution in [0.15, 0.2) is 0 Å². The van der Waals surface area contributed by atoms with E-state index in [1.165, 1.54) is 0 Å². The number of hydrogen-bond acceptors (Lipinski definition) is 8. The largest absolute Gasteiger partial charge is 0.378 e. The van der Waals surface area contributed by atoms with Gasteiger partial charge in [-0.05, 0) is 0 Å². The van der Waals surface area contributed by atoms with Crippen LogP contribution in [0.2, 0.25) is 0 Å². The predicted octanol–water partition coefficient (Wildman–Crippen LogP) is 1.39. The van der Waals surface area contributed by atoms with Gasteiger partial charge in [-0.1, -0.05) is 48.0 Å². The van der Waals surface area contributed by atoms with Crippen molar-refractivity contribution in [1.82, 2.24) is 9.80 Å². The van der Waals surface area contributed by atoms with Crippen LogP contribution in [-0.2, 0) is 18.9 Å². The van der Waals surface area contributed by atoms with Gasteiger partial charge in [-0.25, -0.2) is 0 Å². The van der Waals surface area contributed by atoms with Crippen molar-refractivity contribution in [3.8, 4) is 0 Å². The van der Waals surface area contributed by atoms with Crippen LogP contribution < -0.4 is 0 Å². The molecule has 3 aliphatic rings. The molecule has 24 heavy (non-hydrogen) atoms. The molecular weight excluding hydrogens is 388 g/mol. The second-order valence-electron chi connectivity index (χ2n) is 5.44. The van der Waals surface area contributed by atoms with Crippen LogP contribution in [-0.4, -0.2) is 95.1 Å². The lowest BCUT2D eigenvalue weighted by Crippen LogP contribution is -2.43. The molecule has 10 heteroatoms. The number of rotatable bonds is 2. The van der Waals surface area contributed by atoms with Gasteiger partial charge < -0.3 is 28.7 Å². The number of morpholine rings is 2. The molecule has 6 nitrogen and oxygen atoms in total. The minimum Gasteiger partial charge on any atom is -0.378 e. The van der Waals surface area contributed by atoms with Crippen molar-refractivity contribution in [1.29, 1.82) is 0 Å². The maximum Gasteiger partial charge on any atom is 0.145 e. The molecule has 0 radical (unpaired) electrons. The van der Waals surface area contributed by atoms with E-state index in [4.69, 9.17) is 43.4 Å². The van der Waals surface area contributed by atoms with Crippen molar-refractivity contribution in [2.75, 3.05) is 65.8 Å². The number of hydrogen-bond donors (Lipinski definition) is 0. The molecule has 2 unspecified atom stereocenters. The molecule has 0 spiro atoms. The Morgan fingerprint density at radius 1 is 0.667 bits per heavy atom. The van der Waals surface area contributed by atoms with Crippen LogP contribution in [0, 0.1) is 0 Å². The normalized spacial score (nSPS) is 28.7. The minimum atomic E-state index is -0.141. The van der Waals surface area contributed by atoms with E-state index >= 15 is 0 Å². The zero-order valence-corrected chi connectivity index (χ0v) is 16.7. The van der Waals surface area contributed by atoms with Crippen LogP contribution in [0.5, 0.6) is 0 Å². The maximum absolute atomic E-state index is 5.91. The highest BCUT2D eigenvalue weighted by molar-refractivity contribution is 8.26. The lowest BCUT2D eigenvalue weighted by Gasteiger charge is -2.36. The number of thiocarbonyl (C=S) groups is 2. The van der Waals surface area contributed by atoms with Gasteiger partial charge in [-0.15, -0.1) is 0 Å². The molecule has 3 saturated heterocycles. The smallest absolute Gasteiger partial charge is 0.145 e. The van der Waals surface area contributed by atoms with E-state index in [0.717, 1.165) is 61.2 Å². The second-order valence-corrected chi connectivity index (χ2v) is 8.91. The standard InChI is InChI=1S/C14H22N2O4S4/c21-13(15-1-5-17-6-2-15)23-11-12(20-10-9-19-11)24-14(22)16-3-7-18-8-4-16/h11-12H,1-10H2. The molecule has 0 aromatic carbocycles. The van der Waals surface area contributed by atoms with E-state index < -0.39 is 0 Å². The summed E-state index contributed by atoms with van der Waals surface area (Å²) in [6.07, 6.45) is 0. The van der Waals surface area contributed by atoms with E-state index in [0.29, 0.717) is 13.2 Å². The third-order valence-corrected chi connectivity index (χ3v) is 7.26. The molecule has 136 valence electrons. The van der Waals surface area contributed by atoms with Gasteiger partial charge in [0.25, 0.3) is 0 Å². The highest BCUT2D eigenvalue weighted by Crippen LogP contribution is 2.33. The molecule has 2 atom stereocenters. The Balaban J connectivity index is 1.52. The fourth-order valence-electron chi connectivity index (χ4n) is 2.50. The van der Waals surface area contributed by atoms with Crippen LogP contribution in [0.3, 0.4) is 0 Å². The van der Waals surface area contributed by atoms with Crippen molar-refractivity contribution in [3.05, 3.63) is 0 Å². The molecule has 0 bridgehead atoms. The Bertz CT molecular complexity index is 404. The highest BCUT2D eigenvalue weighted by Gasteiger charge is 2.33. The van der Waals surface area contributed by atoms with Gasteiger partial charge in [0.1, 0.15) is 19.5 Å². The number of thioether (sulfide) groups is 2. The van der Waals surface area contributed by atoms with Crippen LogP contribution in [0.1, 0.15) is 0 Å². The van der Waals surface area contributed by atoms with Gasteiger partial charge in [0.2, 0.25) is 0 Å². The van der Waals surface area contributed by atoms with Crippen LogP contribution in [0.4, 0.5) is 0 Å². The quantitative estimate of drug-likeness (QED) is 0.624. The lowest BCUT2D eigenvalue weighted by molar-refractivity contribution is -0.0655. The third-order valence-electron chi connectivity index (χ3n) is 3.84. The van der Waals surface area contributed by atoms with Crippen molar-refractivity contribution in [2.24, 2.45) is 0 Å². The van der Waals surface area contributed by atoms with Crippen molar-refractivity contribution in [3.63, 3.8) is 0 Å². The molecule has 0 amide bonds. The minimum absolute atomic E-state index is 0.141. The third kappa shape index (κ3) is 5.41. The van der Waals surface area contributed by atoms with Crippen LogP contribution in [0.25, 0.3) is 0 Å². The maximum atomic E-state index is 5.91. The summed E-state index contributed by atoms with van der Waals surface area (Å²) in [7, 11) is 0. The van der Waals surface area contributed by atoms with E-state index in [1.807, 2.05) is 0 Å². The zero-order valence-electron chi connectivity index (χ0n) is 13.4. The van der Waals surface area contributed by atoms with Crippen molar-refractivity contribution < 1.29 is 18.9 Å². The first-order chi connectivity index (χ1) is 11.7. The van der Waals surface area contributed by atoms with Gasteiger partial charge in [0.05, 0.1) is 39.6 Å². The Kier molecular flexibility index (Phi) is 7.85. The molecule has 0 N–H and O–H groups in total. The fourth-order valence-corrected chi connectivity index (χ4v) is 5.54. The summed E-state index contributed by atoms with van der Waals surface area (Å²) in [5.74, 6) is 0. The molecule has 3 heterocycles. The summed E-state index contributed by atoms with van der Waals surface area (Å²) in [6, 6.07) is 0. The molecule has 3 fully saturated rings. The van der Waals surface area contributed by atoms with E-state index in [-0.39, 0.29) is 10.9 Å². The first kappa shape index (κ1) is 19.1.